The van der Waals surface area contributed by atoms with Crippen molar-refractivity contribution in [1.82, 2.24) is 5.32 Å². The van der Waals surface area contributed by atoms with Crippen LogP contribution in [0.2, 0.25) is 0 Å². The van der Waals surface area contributed by atoms with Gasteiger partial charge in [-0.25, -0.2) is 0 Å². The number of nitrogens with one attached hydrogen (secondary N) is 1. The Kier molecular flexibility index (Phi) is 5.06. The van der Waals surface area contributed by atoms with Crippen LogP contribution in [0.5, 0.6) is 11.5 Å². The van der Waals surface area contributed by atoms with Crippen LogP contribution in [0.3, 0.4) is 0 Å². The molecule has 4 rings (SSSR count). The van der Waals surface area contributed by atoms with E-state index in [9.17, 15) is 4.79 Å². The molecule has 4 heteroatoms. The van der Waals surface area contributed by atoms with Crippen LogP contribution in [0.4, 0.5) is 0 Å². The van der Waals surface area contributed by atoms with E-state index in [2.05, 4.69) is 17.4 Å². The summed E-state index contributed by atoms with van der Waals surface area (Å²) in [6.07, 6.45) is 0.741. The van der Waals surface area contributed by atoms with Crippen molar-refractivity contribution in [1.29, 1.82) is 0 Å². The van der Waals surface area contributed by atoms with E-state index in [4.69, 9.17) is 9.47 Å². The van der Waals surface area contributed by atoms with E-state index in [0.717, 1.165) is 34.6 Å². The van der Waals surface area contributed by atoms with Crippen LogP contribution in [0.15, 0.2) is 72.8 Å². The Balaban J connectivity index is 1.33. The lowest BCUT2D eigenvalue weighted by atomic mass is 10.0. The van der Waals surface area contributed by atoms with Crippen molar-refractivity contribution in [3.05, 3.63) is 83.9 Å². The highest BCUT2D eigenvalue weighted by Crippen LogP contribution is 2.30. The number of amides is 1. The number of ether oxygens (including phenoxy) is 2. The van der Waals surface area contributed by atoms with Crippen LogP contribution in [0.25, 0.3) is 11.1 Å². The van der Waals surface area contributed by atoms with Gasteiger partial charge in [0.25, 0.3) is 5.91 Å². The summed E-state index contributed by atoms with van der Waals surface area (Å²) in [7, 11) is 0. The van der Waals surface area contributed by atoms with Crippen molar-refractivity contribution in [2.45, 2.75) is 6.42 Å². The Labute approximate surface area is 158 Å². The zero-order valence-corrected chi connectivity index (χ0v) is 15.0. The number of benzene rings is 3. The maximum absolute atomic E-state index is 12.4. The summed E-state index contributed by atoms with van der Waals surface area (Å²) in [5.41, 5.74) is 4.02. The fourth-order valence-corrected chi connectivity index (χ4v) is 3.11. The van der Waals surface area contributed by atoms with Gasteiger partial charge in [0.2, 0.25) is 0 Å². The van der Waals surface area contributed by atoms with Crippen molar-refractivity contribution in [2.75, 3.05) is 19.8 Å². The Hall–Kier alpha value is -3.27. The van der Waals surface area contributed by atoms with Crippen molar-refractivity contribution in [2.24, 2.45) is 0 Å². The standard InChI is InChI=1S/C23H21NO3/c25-23(20-9-7-19(8-10-20)18-4-2-1-3-5-18)24-13-12-17-6-11-21-22(16-17)27-15-14-26-21/h1-11,16H,12-15H2,(H,24,25). The third kappa shape index (κ3) is 4.11. The van der Waals surface area contributed by atoms with E-state index in [1.54, 1.807) is 0 Å². The van der Waals surface area contributed by atoms with Gasteiger partial charge in [-0.1, -0.05) is 48.5 Å². The van der Waals surface area contributed by atoms with E-state index in [1.807, 2.05) is 60.7 Å². The molecular formula is C23H21NO3. The molecule has 0 unspecified atom stereocenters. The molecule has 0 fully saturated rings. The molecule has 136 valence electrons. The number of rotatable bonds is 5. The first-order valence-electron chi connectivity index (χ1n) is 9.12. The summed E-state index contributed by atoms with van der Waals surface area (Å²) in [6, 6.07) is 23.7. The predicted molar refractivity (Wildman–Crippen MR) is 105 cm³/mol. The molecule has 27 heavy (non-hydrogen) atoms. The van der Waals surface area contributed by atoms with E-state index < -0.39 is 0 Å². The minimum atomic E-state index is -0.0628. The van der Waals surface area contributed by atoms with Crippen molar-refractivity contribution < 1.29 is 14.3 Å². The van der Waals surface area contributed by atoms with Crippen LogP contribution in [-0.4, -0.2) is 25.7 Å². The van der Waals surface area contributed by atoms with E-state index in [1.165, 1.54) is 0 Å². The fraction of sp³-hybridized carbons (Fsp3) is 0.174. The first-order chi connectivity index (χ1) is 13.3. The molecule has 0 aromatic heterocycles. The molecule has 0 aliphatic carbocycles. The van der Waals surface area contributed by atoms with Gasteiger partial charge in [-0.15, -0.1) is 0 Å². The maximum Gasteiger partial charge on any atom is 0.251 e. The highest BCUT2D eigenvalue weighted by molar-refractivity contribution is 5.94. The SMILES string of the molecule is O=C(NCCc1ccc2c(c1)OCCO2)c1ccc(-c2ccccc2)cc1. The Morgan fingerprint density at radius 2 is 1.52 bits per heavy atom. The number of carbonyl (C=O) groups is 1. The molecule has 1 heterocycles. The van der Waals surface area contributed by atoms with Crippen LogP contribution >= 0.6 is 0 Å². The van der Waals surface area contributed by atoms with Gasteiger partial charge in [-0.05, 0) is 47.4 Å². The zero-order chi connectivity index (χ0) is 18.5. The van der Waals surface area contributed by atoms with Crippen LogP contribution in [0.1, 0.15) is 15.9 Å². The molecule has 0 saturated carbocycles. The quantitative estimate of drug-likeness (QED) is 0.746. The molecule has 3 aromatic carbocycles. The first-order valence-corrected chi connectivity index (χ1v) is 9.12. The second-order valence-electron chi connectivity index (χ2n) is 6.43. The molecule has 1 N–H and O–H groups in total. The van der Waals surface area contributed by atoms with Gasteiger partial charge in [0, 0.05) is 12.1 Å². The van der Waals surface area contributed by atoms with Gasteiger partial charge >= 0.3 is 0 Å². The van der Waals surface area contributed by atoms with E-state index in [0.29, 0.717) is 25.3 Å². The lowest BCUT2D eigenvalue weighted by Gasteiger charge is -2.18. The van der Waals surface area contributed by atoms with Gasteiger partial charge in [-0.3, -0.25) is 4.79 Å². The third-order valence-electron chi connectivity index (χ3n) is 4.56. The molecule has 4 nitrogen and oxygen atoms in total. The third-order valence-corrected chi connectivity index (χ3v) is 4.56. The minimum Gasteiger partial charge on any atom is -0.486 e. The molecule has 0 bridgehead atoms. The molecule has 3 aromatic rings. The van der Waals surface area contributed by atoms with Crippen molar-refractivity contribution in [3.8, 4) is 22.6 Å². The van der Waals surface area contributed by atoms with E-state index >= 15 is 0 Å². The van der Waals surface area contributed by atoms with Gasteiger partial charge in [0.05, 0.1) is 0 Å². The Bertz CT molecular complexity index is 920. The molecule has 1 aliphatic rings. The Morgan fingerprint density at radius 1 is 0.815 bits per heavy atom. The molecule has 0 atom stereocenters. The minimum absolute atomic E-state index is 0.0628. The average molecular weight is 359 g/mol. The summed E-state index contributed by atoms with van der Waals surface area (Å²) in [5.74, 6) is 1.50. The summed E-state index contributed by atoms with van der Waals surface area (Å²) in [6.45, 7) is 1.73. The fourth-order valence-electron chi connectivity index (χ4n) is 3.11. The Morgan fingerprint density at radius 3 is 2.30 bits per heavy atom. The molecular weight excluding hydrogens is 338 g/mol. The highest BCUT2D eigenvalue weighted by Gasteiger charge is 2.12. The molecule has 0 radical (unpaired) electrons. The lowest BCUT2D eigenvalue weighted by Crippen LogP contribution is -2.25. The average Bonchev–Trinajstić information content (AvgIpc) is 2.74. The summed E-state index contributed by atoms with van der Waals surface area (Å²) in [5, 5.41) is 2.98. The molecule has 0 saturated heterocycles. The van der Waals surface area contributed by atoms with Crippen LogP contribution < -0.4 is 14.8 Å². The van der Waals surface area contributed by atoms with Crippen molar-refractivity contribution in [3.63, 3.8) is 0 Å². The molecule has 1 amide bonds. The number of hydrogen-bond donors (Lipinski definition) is 1. The highest BCUT2D eigenvalue weighted by atomic mass is 16.6. The van der Waals surface area contributed by atoms with Crippen molar-refractivity contribution >= 4 is 5.91 Å². The topological polar surface area (TPSA) is 47.6 Å². The second-order valence-corrected chi connectivity index (χ2v) is 6.43. The van der Waals surface area contributed by atoms with Gasteiger partial charge in [0.1, 0.15) is 13.2 Å². The lowest BCUT2D eigenvalue weighted by molar-refractivity contribution is 0.0954. The number of fused-ring (bicyclic) bond motifs is 1. The number of hydrogen-bond acceptors (Lipinski definition) is 3. The van der Waals surface area contributed by atoms with Crippen LogP contribution in [-0.2, 0) is 6.42 Å². The molecule has 0 spiro atoms. The number of carbonyl (C=O) groups excluding carboxylic acids is 1. The first kappa shape index (κ1) is 17.2. The largest absolute Gasteiger partial charge is 0.486 e. The van der Waals surface area contributed by atoms with Gasteiger partial charge < -0.3 is 14.8 Å². The van der Waals surface area contributed by atoms with Crippen LogP contribution in [0, 0.1) is 0 Å². The smallest absolute Gasteiger partial charge is 0.251 e. The normalized spacial score (nSPS) is 12.4. The van der Waals surface area contributed by atoms with Gasteiger partial charge in [-0.2, -0.15) is 0 Å². The molecule has 1 aliphatic heterocycles. The zero-order valence-electron chi connectivity index (χ0n) is 15.0. The van der Waals surface area contributed by atoms with E-state index in [-0.39, 0.29) is 5.91 Å². The summed E-state index contributed by atoms with van der Waals surface area (Å²) >= 11 is 0. The van der Waals surface area contributed by atoms with Gasteiger partial charge in [0.15, 0.2) is 11.5 Å². The summed E-state index contributed by atoms with van der Waals surface area (Å²) < 4.78 is 11.1. The monoisotopic (exact) mass is 359 g/mol. The maximum atomic E-state index is 12.4. The summed E-state index contributed by atoms with van der Waals surface area (Å²) in [4.78, 5) is 12.4. The predicted octanol–water partition coefficient (Wildman–Crippen LogP) is 4.10. The second kappa shape index (κ2) is 7.96.